The third-order valence-electron chi connectivity index (χ3n) is 4.85. The fraction of sp³-hybridized carbons (Fsp3) is 0.533. The Morgan fingerprint density at radius 1 is 1.32 bits per heavy atom. The first-order valence-electron chi connectivity index (χ1n) is 7.59. The van der Waals surface area contributed by atoms with E-state index in [4.69, 9.17) is 4.52 Å². The maximum Gasteiger partial charge on any atom is 0.177 e. The normalized spacial score (nSPS) is 28.1. The summed E-state index contributed by atoms with van der Waals surface area (Å²) < 4.78 is 28.5. The van der Waals surface area contributed by atoms with Gasteiger partial charge in [-0.2, -0.15) is 0 Å². The third kappa shape index (κ3) is 2.38. The average Bonchev–Trinajstić information content (AvgIpc) is 2.90. The van der Waals surface area contributed by atoms with Gasteiger partial charge in [0.2, 0.25) is 0 Å². The number of fused-ring (bicyclic) bond motifs is 4. The van der Waals surface area contributed by atoms with Crippen LogP contribution in [-0.2, 0) is 9.84 Å². The highest BCUT2D eigenvalue weighted by atomic mass is 32.2. The van der Waals surface area contributed by atoms with Crippen LogP contribution in [0.5, 0.6) is 0 Å². The first-order chi connectivity index (χ1) is 10.5. The van der Waals surface area contributed by atoms with Gasteiger partial charge in [0.25, 0.3) is 0 Å². The van der Waals surface area contributed by atoms with Gasteiger partial charge in [0.15, 0.2) is 21.2 Å². The molecule has 7 heteroatoms. The van der Waals surface area contributed by atoms with E-state index in [2.05, 4.69) is 15.4 Å². The van der Waals surface area contributed by atoms with Crippen molar-refractivity contribution in [1.29, 1.82) is 0 Å². The van der Waals surface area contributed by atoms with Gasteiger partial charge in [0.05, 0.1) is 10.3 Å². The highest BCUT2D eigenvalue weighted by molar-refractivity contribution is 7.90. The predicted molar refractivity (Wildman–Crippen MR) is 83.7 cm³/mol. The summed E-state index contributed by atoms with van der Waals surface area (Å²) in [5.74, 6) is 1.40. The maximum atomic E-state index is 11.6. The van der Waals surface area contributed by atoms with Crippen molar-refractivity contribution in [3.8, 4) is 0 Å². The van der Waals surface area contributed by atoms with Crippen molar-refractivity contribution < 1.29 is 12.9 Å². The van der Waals surface area contributed by atoms with E-state index < -0.39 is 9.84 Å². The molecule has 1 aromatic heterocycles. The highest BCUT2D eigenvalue weighted by Gasteiger charge is 2.34. The number of nitrogens with one attached hydrogen (secondary N) is 1. The minimum Gasteiger partial charge on any atom is -0.362 e. The Hall–Kier alpha value is -1.60. The molecule has 6 nitrogen and oxygen atoms in total. The molecule has 1 aromatic carbocycles. The van der Waals surface area contributed by atoms with E-state index in [-0.39, 0.29) is 4.90 Å². The number of sulfone groups is 1. The van der Waals surface area contributed by atoms with Crippen LogP contribution in [0.3, 0.4) is 0 Å². The molecule has 0 amide bonds. The fourth-order valence-corrected chi connectivity index (χ4v) is 4.19. The summed E-state index contributed by atoms with van der Waals surface area (Å²) in [6, 6.07) is 5.31. The molecule has 0 unspecified atom stereocenters. The molecule has 2 aromatic rings. The van der Waals surface area contributed by atoms with E-state index in [0.29, 0.717) is 23.4 Å². The van der Waals surface area contributed by atoms with Crippen molar-refractivity contribution in [2.75, 3.05) is 31.2 Å². The van der Waals surface area contributed by atoms with Crippen LogP contribution in [0.15, 0.2) is 27.6 Å². The van der Waals surface area contributed by atoms with Crippen LogP contribution in [0, 0.1) is 5.92 Å². The molecule has 3 fully saturated rings. The Bertz CT molecular complexity index is 807. The van der Waals surface area contributed by atoms with Crippen LogP contribution >= 0.6 is 0 Å². The Labute approximate surface area is 129 Å². The fourth-order valence-electron chi connectivity index (χ4n) is 3.56. The van der Waals surface area contributed by atoms with Gasteiger partial charge in [-0.1, -0.05) is 5.16 Å². The number of anilines is 1. The van der Waals surface area contributed by atoms with Gasteiger partial charge in [0, 0.05) is 24.9 Å². The average molecular weight is 321 g/mol. The summed E-state index contributed by atoms with van der Waals surface area (Å²) in [6.45, 7) is 3.43. The zero-order valence-corrected chi connectivity index (χ0v) is 13.3. The first kappa shape index (κ1) is 14.0. The van der Waals surface area contributed by atoms with Crippen molar-refractivity contribution in [3.63, 3.8) is 0 Å². The Kier molecular flexibility index (Phi) is 3.16. The molecule has 0 aliphatic carbocycles. The largest absolute Gasteiger partial charge is 0.362 e. The van der Waals surface area contributed by atoms with Crippen LogP contribution in [0.25, 0.3) is 11.0 Å². The molecular weight excluding hydrogens is 302 g/mol. The van der Waals surface area contributed by atoms with E-state index in [1.54, 1.807) is 18.2 Å². The van der Waals surface area contributed by atoms with Crippen LogP contribution < -0.4 is 5.32 Å². The molecule has 22 heavy (non-hydrogen) atoms. The second-order valence-corrected chi connectivity index (χ2v) is 8.37. The molecule has 2 bridgehead atoms. The minimum absolute atomic E-state index is 0.255. The number of piperidine rings is 3. The summed E-state index contributed by atoms with van der Waals surface area (Å²) >= 11 is 0. The number of aromatic nitrogens is 1. The Morgan fingerprint density at radius 2 is 2.09 bits per heavy atom. The van der Waals surface area contributed by atoms with Gasteiger partial charge in [-0.25, -0.2) is 8.42 Å². The van der Waals surface area contributed by atoms with Gasteiger partial charge < -0.3 is 14.7 Å². The van der Waals surface area contributed by atoms with Crippen LogP contribution in [0.2, 0.25) is 0 Å². The molecule has 1 atom stereocenters. The SMILES string of the molecule is CS(=O)(=O)c1ccc2c(N[C@@H]3CN4CCC3CC4)noc2c1. The maximum absolute atomic E-state index is 11.6. The van der Waals surface area contributed by atoms with Crippen LogP contribution in [0.4, 0.5) is 5.82 Å². The highest BCUT2D eigenvalue weighted by Crippen LogP contribution is 2.32. The molecule has 5 rings (SSSR count). The molecular formula is C15H19N3O3S. The summed E-state index contributed by atoms with van der Waals surface area (Å²) in [7, 11) is -3.23. The lowest BCUT2D eigenvalue weighted by atomic mass is 9.84. The topological polar surface area (TPSA) is 75.4 Å². The van der Waals surface area contributed by atoms with E-state index in [1.807, 2.05) is 0 Å². The molecule has 3 aliphatic rings. The molecule has 0 radical (unpaired) electrons. The standard InChI is InChI=1S/C15H19N3O3S/c1-22(19,20)11-2-3-12-14(8-11)21-17-15(12)16-13-9-18-6-4-10(13)5-7-18/h2-3,8,10,13H,4-7,9H2,1H3,(H,16,17)/t13-/m1/s1. The lowest BCUT2D eigenvalue weighted by Gasteiger charge is -2.44. The molecule has 0 saturated carbocycles. The van der Waals surface area contributed by atoms with Gasteiger partial charge in [0.1, 0.15) is 0 Å². The Balaban J connectivity index is 1.63. The van der Waals surface area contributed by atoms with Crippen molar-refractivity contribution >= 4 is 26.6 Å². The van der Waals surface area contributed by atoms with E-state index >= 15 is 0 Å². The van der Waals surface area contributed by atoms with E-state index in [0.717, 1.165) is 11.9 Å². The van der Waals surface area contributed by atoms with Crippen LogP contribution in [-0.4, -0.2) is 50.4 Å². The summed E-state index contributed by atoms with van der Waals surface area (Å²) in [6.07, 6.45) is 3.65. The third-order valence-corrected chi connectivity index (χ3v) is 5.96. The quantitative estimate of drug-likeness (QED) is 0.928. The van der Waals surface area contributed by atoms with Gasteiger partial charge in [-0.3, -0.25) is 0 Å². The van der Waals surface area contributed by atoms with E-state index in [1.165, 1.54) is 32.2 Å². The van der Waals surface area contributed by atoms with Gasteiger partial charge in [-0.05, 0) is 44.0 Å². The molecule has 3 aliphatic heterocycles. The van der Waals surface area contributed by atoms with Crippen LogP contribution in [0.1, 0.15) is 12.8 Å². The number of hydrogen-bond acceptors (Lipinski definition) is 6. The number of rotatable bonds is 3. The lowest BCUT2D eigenvalue weighted by molar-refractivity contribution is 0.0973. The second-order valence-electron chi connectivity index (χ2n) is 6.35. The molecule has 118 valence electrons. The second kappa shape index (κ2) is 4.96. The van der Waals surface area contributed by atoms with Crippen molar-refractivity contribution in [2.24, 2.45) is 5.92 Å². The van der Waals surface area contributed by atoms with E-state index in [9.17, 15) is 8.42 Å². The number of hydrogen-bond donors (Lipinski definition) is 1. The first-order valence-corrected chi connectivity index (χ1v) is 9.48. The van der Waals surface area contributed by atoms with Gasteiger partial charge >= 0.3 is 0 Å². The lowest BCUT2D eigenvalue weighted by Crippen LogP contribution is -2.53. The number of benzene rings is 1. The smallest absolute Gasteiger partial charge is 0.177 e. The summed E-state index contributed by atoms with van der Waals surface area (Å²) in [5, 5.41) is 8.43. The summed E-state index contributed by atoms with van der Waals surface area (Å²) in [5.41, 5.74) is 0.506. The molecule has 1 N–H and O–H groups in total. The van der Waals surface area contributed by atoms with Crippen molar-refractivity contribution in [2.45, 2.75) is 23.8 Å². The Morgan fingerprint density at radius 3 is 2.73 bits per heavy atom. The van der Waals surface area contributed by atoms with Gasteiger partial charge in [-0.15, -0.1) is 0 Å². The predicted octanol–water partition coefficient (Wildman–Crippen LogP) is 1.74. The summed E-state index contributed by atoms with van der Waals surface area (Å²) in [4.78, 5) is 2.73. The molecule has 0 spiro atoms. The molecule has 4 heterocycles. The zero-order chi connectivity index (χ0) is 15.3. The molecule has 3 saturated heterocycles. The number of nitrogens with zero attached hydrogens (tertiary/aromatic N) is 2. The zero-order valence-electron chi connectivity index (χ0n) is 12.4. The monoisotopic (exact) mass is 321 g/mol. The van der Waals surface area contributed by atoms with Crippen molar-refractivity contribution in [3.05, 3.63) is 18.2 Å². The van der Waals surface area contributed by atoms with Crippen molar-refractivity contribution in [1.82, 2.24) is 10.1 Å². The minimum atomic E-state index is -3.23.